The monoisotopic (exact) mass is 719 g/mol. The zero-order valence-corrected chi connectivity index (χ0v) is 28.6. The molecular formula is C42H36CuN6O2. The van der Waals surface area contributed by atoms with Gasteiger partial charge in [-0.2, -0.15) is 0 Å². The molecule has 0 aliphatic rings. The summed E-state index contributed by atoms with van der Waals surface area (Å²) in [5.74, 6) is -0.0560. The van der Waals surface area contributed by atoms with E-state index in [1.165, 1.54) is 0 Å². The van der Waals surface area contributed by atoms with Crippen molar-refractivity contribution in [2.45, 2.75) is 13.1 Å². The van der Waals surface area contributed by atoms with E-state index in [0.717, 1.165) is 22.5 Å². The van der Waals surface area contributed by atoms with E-state index in [1.54, 1.807) is 24.3 Å². The Morgan fingerprint density at radius 3 is 0.980 bits per heavy atom. The van der Waals surface area contributed by atoms with E-state index in [0.29, 0.717) is 36.1 Å². The van der Waals surface area contributed by atoms with Crippen molar-refractivity contribution in [2.24, 2.45) is 20.0 Å². The second-order valence-corrected chi connectivity index (χ2v) is 10.8. The molecule has 0 atom stereocenters. The Labute approximate surface area is 309 Å². The molecule has 0 aromatic heterocycles. The van der Waals surface area contributed by atoms with Crippen molar-refractivity contribution in [3.8, 4) is 0 Å². The van der Waals surface area contributed by atoms with Gasteiger partial charge in [0.05, 0.1) is 11.4 Å². The third-order valence-corrected chi connectivity index (χ3v) is 7.03. The molecule has 0 aliphatic heterocycles. The fourth-order valence-electron chi connectivity index (χ4n) is 4.49. The van der Waals surface area contributed by atoms with Crippen LogP contribution in [-0.4, -0.2) is 23.7 Å². The third kappa shape index (κ3) is 13.3. The summed E-state index contributed by atoms with van der Waals surface area (Å²) >= 11 is 0. The maximum absolute atomic E-state index is 12.4. The summed E-state index contributed by atoms with van der Waals surface area (Å²) in [4.78, 5) is 17.2. The van der Waals surface area contributed by atoms with Gasteiger partial charge in [-0.25, -0.2) is 20.0 Å². The number of nitrogens with one attached hydrogen (secondary N) is 2. The van der Waals surface area contributed by atoms with Gasteiger partial charge in [0.1, 0.15) is 0 Å². The molecule has 8 nitrogen and oxygen atoms in total. The Bertz CT molecular complexity index is 1840. The van der Waals surface area contributed by atoms with Crippen LogP contribution in [0.2, 0.25) is 0 Å². The molecule has 51 heavy (non-hydrogen) atoms. The van der Waals surface area contributed by atoms with E-state index < -0.39 is 0 Å². The molecule has 0 amide bonds. The van der Waals surface area contributed by atoms with Crippen LogP contribution in [0, 0.1) is 0 Å². The SMILES string of the molecule is [Cu+2].[O-]/C(=N\C(=Nc1ccccc1)NCc1ccccc1)c1ccccc1.[O-]/C(=N\C(=Nc1ccccc1)NCc1ccccc1)c1ccccc1. The Balaban J connectivity index is 0.000000224. The first kappa shape index (κ1) is 37.5. The number of hydrogen-bond acceptors (Lipinski definition) is 4. The van der Waals surface area contributed by atoms with Crippen LogP contribution in [0.25, 0.3) is 0 Å². The van der Waals surface area contributed by atoms with Gasteiger partial charge in [0, 0.05) is 13.1 Å². The van der Waals surface area contributed by atoms with E-state index in [2.05, 4.69) is 30.6 Å². The molecule has 1 radical (unpaired) electrons. The molecule has 0 fully saturated rings. The van der Waals surface area contributed by atoms with E-state index in [9.17, 15) is 10.2 Å². The number of para-hydroxylation sites is 2. The van der Waals surface area contributed by atoms with Crippen molar-refractivity contribution < 1.29 is 27.3 Å². The first-order valence-corrected chi connectivity index (χ1v) is 16.1. The number of rotatable bonds is 8. The quantitative estimate of drug-likeness (QED) is 0.106. The predicted molar refractivity (Wildman–Crippen MR) is 200 cm³/mol. The Morgan fingerprint density at radius 2 is 0.667 bits per heavy atom. The molecule has 6 rings (SSSR count). The van der Waals surface area contributed by atoms with Crippen LogP contribution in [0.3, 0.4) is 0 Å². The minimum atomic E-state index is -0.323. The minimum Gasteiger partial charge on any atom is -0.858 e. The molecule has 0 heterocycles. The first-order chi connectivity index (χ1) is 24.6. The first-order valence-electron chi connectivity index (χ1n) is 16.1. The van der Waals surface area contributed by atoms with Crippen LogP contribution in [0.1, 0.15) is 22.3 Å². The van der Waals surface area contributed by atoms with Crippen molar-refractivity contribution in [3.63, 3.8) is 0 Å². The summed E-state index contributed by atoms with van der Waals surface area (Å²) in [6.45, 7) is 1.08. The van der Waals surface area contributed by atoms with E-state index in [4.69, 9.17) is 0 Å². The van der Waals surface area contributed by atoms with E-state index in [-0.39, 0.29) is 28.9 Å². The van der Waals surface area contributed by atoms with E-state index >= 15 is 0 Å². The normalized spacial score (nSPS) is 11.8. The molecule has 0 spiro atoms. The molecular weight excluding hydrogens is 684 g/mol. The Kier molecular flexibility index (Phi) is 15.4. The second kappa shape index (κ2) is 20.9. The maximum atomic E-state index is 12.4. The van der Waals surface area contributed by atoms with Crippen LogP contribution in [-0.2, 0) is 30.2 Å². The van der Waals surface area contributed by atoms with Gasteiger partial charge in [-0.05, 0) is 58.3 Å². The number of guanidine groups is 2. The van der Waals surface area contributed by atoms with Gasteiger partial charge in [-0.15, -0.1) is 0 Å². The van der Waals surface area contributed by atoms with Crippen LogP contribution >= 0.6 is 0 Å². The topological polar surface area (TPSA) is 120 Å². The fraction of sp³-hybridized carbons (Fsp3) is 0.0476. The number of benzene rings is 6. The predicted octanol–water partition coefficient (Wildman–Crippen LogP) is 6.54. The second-order valence-electron chi connectivity index (χ2n) is 10.8. The zero-order valence-electron chi connectivity index (χ0n) is 27.6. The maximum Gasteiger partial charge on any atom is 2.00 e. The molecule has 6 aromatic rings. The minimum absolute atomic E-state index is 0. The zero-order chi connectivity index (χ0) is 34.6. The average molecular weight is 720 g/mol. The van der Waals surface area contributed by atoms with Gasteiger partial charge in [0.2, 0.25) is 11.9 Å². The van der Waals surface area contributed by atoms with Gasteiger partial charge in [0.15, 0.2) is 0 Å². The van der Waals surface area contributed by atoms with Gasteiger partial charge in [-0.3, -0.25) is 0 Å². The van der Waals surface area contributed by atoms with Gasteiger partial charge in [-0.1, -0.05) is 158 Å². The van der Waals surface area contributed by atoms with Crippen LogP contribution in [0.4, 0.5) is 11.4 Å². The molecule has 9 heteroatoms. The summed E-state index contributed by atoms with van der Waals surface area (Å²) in [7, 11) is 0. The smallest absolute Gasteiger partial charge is 0.858 e. The largest absolute Gasteiger partial charge is 2.00 e. The summed E-state index contributed by atoms with van der Waals surface area (Å²) < 4.78 is 0. The standard InChI is InChI=1S/2C21H19N3O.Cu/c2*25-20(18-12-6-2-7-13-18)24-21(23-19-14-8-3-9-15-19)22-16-17-10-4-1-5-11-17;/h2*1-15H,16H2,(H2,22,23,24,25);/q;;+2/p-2. The molecule has 2 N–H and O–H groups in total. The van der Waals surface area contributed by atoms with E-state index in [1.807, 2.05) is 158 Å². The molecule has 0 saturated heterocycles. The van der Waals surface area contributed by atoms with Crippen molar-refractivity contribution in [1.82, 2.24) is 10.6 Å². The fourth-order valence-corrected chi connectivity index (χ4v) is 4.49. The summed E-state index contributed by atoms with van der Waals surface area (Å²) in [6, 6.07) is 56.7. The molecule has 0 bridgehead atoms. The van der Waals surface area contributed by atoms with Gasteiger partial charge in [0.25, 0.3) is 0 Å². The number of hydrogen-bond donors (Lipinski definition) is 2. The van der Waals surface area contributed by atoms with Crippen LogP contribution < -0.4 is 20.8 Å². The van der Waals surface area contributed by atoms with Crippen molar-refractivity contribution in [3.05, 3.63) is 204 Å². The third-order valence-electron chi connectivity index (χ3n) is 7.03. The number of aliphatic imine (C=N–C) groups is 4. The van der Waals surface area contributed by atoms with Crippen molar-refractivity contribution in [2.75, 3.05) is 0 Å². The molecule has 6 aromatic carbocycles. The molecule has 0 saturated carbocycles. The van der Waals surface area contributed by atoms with Crippen LogP contribution in [0.5, 0.6) is 0 Å². The van der Waals surface area contributed by atoms with Crippen molar-refractivity contribution in [1.29, 1.82) is 0 Å². The molecule has 0 aliphatic carbocycles. The summed E-state index contributed by atoms with van der Waals surface area (Å²) in [5, 5.41) is 31.0. The average Bonchev–Trinajstić information content (AvgIpc) is 3.18. The summed E-state index contributed by atoms with van der Waals surface area (Å²) in [5.41, 5.74) is 4.72. The Morgan fingerprint density at radius 1 is 0.392 bits per heavy atom. The van der Waals surface area contributed by atoms with Gasteiger partial charge >= 0.3 is 17.1 Å². The van der Waals surface area contributed by atoms with Gasteiger partial charge < -0.3 is 20.8 Å². The van der Waals surface area contributed by atoms with Crippen molar-refractivity contribution >= 4 is 35.1 Å². The molecule has 0 unspecified atom stereocenters. The van der Waals surface area contributed by atoms with Crippen LogP contribution in [0.15, 0.2) is 202 Å². The molecule has 257 valence electrons. The number of nitrogens with zero attached hydrogens (tertiary/aromatic N) is 4. The summed E-state index contributed by atoms with van der Waals surface area (Å²) in [6.07, 6.45) is 0. The Hall–Kier alpha value is -6.28.